The van der Waals surface area contributed by atoms with Gasteiger partial charge in [-0.1, -0.05) is 24.9 Å². The van der Waals surface area contributed by atoms with Crippen LogP contribution in [-0.4, -0.2) is 49.8 Å². The maximum atomic E-state index is 12.3. The fourth-order valence-electron chi connectivity index (χ4n) is 1.98. The summed E-state index contributed by atoms with van der Waals surface area (Å²) >= 11 is 6.01. The normalized spacial score (nSPS) is 10.3. The van der Waals surface area contributed by atoms with Crippen LogP contribution in [0.3, 0.4) is 0 Å². The smallest absolute Gasteiger partial charge is 0.321 e. The summed E-state index contributed by atoms with van der Waals surface area (Å²) in [6.45, 7) is 2.97. The van der Waals surface area contributed by atoms with E-state index in [2.05, 4.69) is 12.2 Å². The number of amides is 2. The van der Waals surface area contributed by atoms with Gasteiger partial charge in [-0.25, -0.2) is 4.79 Å². The molecule has 0 aromatic heterocycles. The van der Waals surface area contributed by atoms with Crippen LogP contribution in [0.15, 0.2) is 18.2 Å². The topological polar surface area (TPSA) is 55.8 Å². The number of nitrogens with one attached hydrogen (secondary N) is 1. The maximum Gasteiger partial charge on any atom is 0.321 e. The quantitative estimate of drug-likeness (QED) is 0.813. The molecule has 1 aromatic rings. The average Bonchev–Trinajstić information content (AvgIpc) is 2.43. The number of hydrogen-bond acceptors (Lipinski definition) is 3. The highest BCUT2D eigenvalue weighted by Gasteiger charge is 2.15. The molecule has 1 aromatic carbocycles. The summed E-state index contributed by atoms with van der Waals surface area (Å²) in [7, 11) is 3.81. The fraction of sp³-hybridized carbons (Fsp3) is 0.533. The Morgan fingerprint density at radius 2 is 2.05 bits per heavy atom. The van der Waals surface area contributed by atoms with Crippen LogP contribution in [-0.2, 0) is 0 Å². The SMILES string of the molecule is CCCCN(CCO)C(=O)Nc1cc(Cl)ccc1N(C)C. The van der Waals surface area contributed by atoms with Gasteiger partial charge < -0.3 is 20.2 Å². The second kappa shape index (κ2) is 8.74. The molecule has 5 nitrogen and oxygen atoms in total. The molecule has 1 rings (SSSR count). The number of rotatable bonds is 7. The number of benzene rings is 1. The van der Waals surface area contributed by atoms with Crippen molar-refractivity contribution in [3.05, 3.63) is 23.2 Å². The highest BCUT2D eigenvalue weighted by atomic mass is 35.5. The van der Waals surface area contributed by atoms with E-state index < -0.39 is 0 Å². The molecule has 0 spiro atoms. The van der Waals surface area contributed by atoms with Gasteiger partial charge in [0.15, 0.2) is 0 Å². The molecule has 118 valence electrons. The Morgan fingerprint density at radius 1 is 1.33 bits per heavy atom. The van der Waals surface area contributed by atoms with Crippen molar-refractivity contribution >= 4 is 29.0 Å². The van der Waals surface area contributed by atoms with Crippen LogP contribution in [0, 0.1) is 0 Å². The predicted molar refractivity (Wildman–Crippen MR) is 88.4 cm³/mol. The zero-order chi connectivity index (χ0) is 15.8. The van der Waals surface area contributed by atoms with Crippen LogP contribution >= 0.6 is 11.6 Å². The van der Waals surface area contributed by atoms with Gasteiger partial charge in [0.25, 0.3) is 0 Å². The van der Waals surface area contributed by atoms with Crippen LogP contribution in [0.5, 0.6) is 0 Å². The first-order valence-corrected chi connectivity index (χ1v) is 7.51. The van der Waals surface area contributed by atoms with Crippen LogP contribution < -0.4 is 10.2 Å². The highest BCUT2D eigenvalue weighted by Crippen LogP contribution is 2.28. The summed E-state index contributed by atoms with van der Waals surface area (Å²) in [6.07, 6.45) is 1.90. The summed E-state index contributed by atoms with van der Waals surface area (Å²) < 4.78 is 0. The average molecular weight is 314 g/mol. The molecule has 0 saturated heterocycles. The van der Waals surface area contributed by atoms with Crippen molar-refractivity contribution in [3.8, 4) is 0 Å². The lowest BCUT2D eigenvalue weighted by Crippen LogP contribution is -2.38. The number of carbonyl (C=O) groups is 1. The lowest BCUT2D eigenvalue weighted by Gasteiger charge is -2.24. The molecule has 0 heterocycles. The van der Waals surface area contributed by atoms with Gasteiger partial charge in [-0.2, -0.15) is 0 Å². The number of aliphatic hydroxyl groups is 1. The molecule has 0 atom stereocenters. The molecule has 0 radical (unpaired) electrons. The van der Waals surface area contributed by atoms with E-state index in [9.17, 15) is 4.79 Å². The first kappa shape index (κ1) is 17.6. The molecular weight excluding hydrogens is 290 g/mol. The third-order valence-electron chi connectivity index (χ3n) is 3.12. The standard InChI is InChI=1S/C15H24ClN3O2/c1-4-5-8-19(9-10-20)15(21)17-13-11-12(16)6-7-14(13)18(2)3/h6-7,11,20H,4-5,8-10H2,1-3H3,(H,17,21). The molecule has 0 unspecified atom stereocenters. The number of aliphatic hydroxyl groups excluding tert-OH is 1. The molecule has 2 N–H and O–H groups in total. The minimum absolute atomic E-state index is 0.0484. The van der Waals surface area contributed by atoms with Crippen LogP contribution in [0.4, 0.5) is 16.2 Å². The molecule has 0 saturated carbocycles. The summed E-state index contributed by atoms with van der Waals surface area (Å²) in [5.41, 5.74) is 1.55. The van der Waals surface area contributed by atoms with Crippen LogP contribution in [0.25, 0.3) is 0 Å². The van der Waals surface area contributed by atoms with E-state index in [1.807, 2.05) is 25.1 Å². The first-order valence-electron chi connectivity index (χ1n) is 7.13. The third-order valence-corrected chi connectivity index (χ3v) is 3.36. The molecule has 0 fully saturated rings. The first-order chi connectivity index (χ1) is 9.99. The van der Waals surface area contributed by atoms with E-state index in [4.69, 9.17) is 16.7 Å². The van der Waals surface area contributed by atoms with E-state index in [0.717, 1.165) is 18.5 Å². The van der Waals surface area contributed by atoms with Gasteiger partial charge in [0.05, 0.1) is 18.0 Å². The van der Waals surface area contributed by atoms with Crippen molar-refractivity contribution in [3.63, 3.8) is 0 Å². The van der Waals surface area contributed by atoms with Crippen molar-refractivity contribution in [2.24, 2.45) is 0 Å². The second-order valence-corrected chi connectivity index (χ2v) is 5.49. The molecule has 21 heavy (non-hydrogen) atoms. The Labute approximate surface area is 131 Å². The number of hydrogen-bond donors (Lipinski definition) is 2. The van der Waals surface area contributed by atoms with Crippen LogP contribution in [0.2, 0.25) is 5.02 Å². The van der Waals surface area contributed by atoms with Gasteiger partial charge in [-0.05, 0) is 24.6 Å². The molecule has 0 aliphatic rings. The number of unbranched alkanes of at least 4 members (excludes halogenated alkanes) is 1. The van der Waals surface area contributed by atoms with Crippen LogP contribution in [0.1, 0.15) is 19.8 Å². The lowest BCUT2D eigenvalue weighted by atomic mass is 10.2. The summed E-state index contributed by atoms with van der Waals surface area (Å²) in [5.74, 6) is 0. The predicted octanol–water partition coefficient (Wildman–Crippen LogP) is 3.03. The summed E-state index contributed by atoms with van der Waals surface area (Å²) in [6, 6.07) is 5.16. The number of nitrogens with zero attached hydrogens (tertiary/aromatic N) is 2. The molecule has 0 aliphatic carbocycles. The largest absolute Gasteiger partial charge is 0.395 e. The number of anilines is 2. The molecule has 0 aliphatic heterocycles. The monoisotopic (exact) mass is 313 g/mol. The van der Waals surface area contributed by atoms with Gasteiger partial charge in [-0.3, -0.25) is 0 Å². The number of urea groups is 1. The van der Waals surface area contributed by atoms with Gasteiger partial charge in [-0.15, -0.1) is 0 Å². The fourth-order valence-corrected chi connectivity index (χ4v) is 2.15. The van der Waals surface area contributed by atoms with Gasteiger partial charge in [0, 0.05) is 32.2 Å². The van der Waals surface area contributed by atoms with Crippen molar-refractivity contribution in [2.45, 2.75) is 19.8 Å². The van der Waals surface area contributed by atoms with Crippen molar-refractivity contribution in [2.75, 3.05) is 44.0 Å². The zero-order valence-electron chi connectivity index (χ0n) is 12.9. The number of halogens is 1. The number of carbonyl (C=O) groups excluding carboxylic acids is 1. The van der Waals surface area contributed by atoms with E-state index in [-0.39, 0.29) is 12.6 Å². The van der Waals surface area contributed by atoms with Crippen molar-refractivity contribution in [1.29, 1.82) is 0 Å². The minimum atomic E-state index is -0.220. The Kier molecular flexibility index (Phi) is 7.32. The third kappa shape index (κ3) is 5.44. The Morgan fingerprint density at radius 3 is 2.62 bits per heavy atom. The Balaban J connectivity index is 2.86. The summed E-state index contributed by atoms with van der Waals surface area (Å²) in [4.78, 5) is 15.9. The van der Waals surface area contributed by atoms with E-state index in [0.29, 0.717) is 23.8 Å². The molecular formula is C15H24ClN3O2. The lowest BCUT2D eigenvalue weighted by molar-refractivity contribution is 0.187. The minimum Gasteiger partial charge on any atom is -0.395 e. The van der Waals surface area contributed by atoms with E-state index in [1.165, 1.54) is 0 Å². The van der Waals surface area contributed by atoms with Crippen molar-refractivity contribution < 1.29 is 9.90 Å². The molecule has 2 amide bonds. The Hall–Kier alpha value is -1.46. The van der Waals surface area contributed by atoms with E-state index >= 15 is 0 Å². The highest BCUT2D eigenvalue weighted by molar-refractivity contribution is 6.31. The maximum absolute atomic E-state index is 12.3. The van der Waals surface area contributed by atoms with Gasteiger partial charge in [0.1, 0.15) is 0 Å². The molecule has 0 bridgehead atoms. The second-order valence-electron chi connectivity index (χ2n) is 5.05. The molecule has 6 heteroatoms. The van der Waals surface area contributed by atoms with Crippen molar-refractivity contribution in [1.82, 2.24) is 4.90 Å². The Bertz CT molecular complexity index is 466. The van der Waals surface area contributed by atoms with Gasteiger partial charge >= 0.3 is 6.03 Å². The van der Waals surface area contributed by atoms with Gasteiger partial charge in [0.2, 0.25) is 0 Å². The van der Waals surface area contributed by atoms with E-state index in [1.54, 1.807) is 17.0 Å². The zero-order valence-corrected chi connectivity index (χ0v) is 13.7. The summed E-state index contributed by atoms with van der Waals surface area (Å²) in [5, 5.41) is 12.5.